The predicted octanol–water partition coefficient (Wildman–Crippen LogP) is 1.48. The molecule has 0 radical (unpaired) electrons. The van der Waals surface area contributed by atoms with Crippen molar-refractivity contribution in [3.8, 4) is 0 Å². The topological polar surface area (TPSA) is 69.6 Å². The molecule has 0 fully saturated rings. The van der Waals surface area contributed by atoms with Crippen molar-refractivity contribution in [1.82, 2.24) is 19.4 Å². The maximum absolute atomic E-state index is 6.14. The van der Waals surface area contributed by atoms with Crippen LogP contribution in [0.15, 0.2) is 6.20 Å². The van der Waals surface area contributed by atoms with Crippen LogP contribution in [0.4, 0.5) is 0 Å². The van der Waals surface area contributed by atoms with Gasteiger partial charge in [0.05, 0.1) is 16.8 Å². The molecule has 0 amide bonds. The number of rotatable bonds is 3. The van der Waals surface area contributed by atoms with Crippen LogP contribution in [0.2, 0.25) is 5.15 Å². The zero-order valence-electron chi connectivity index (χ0n) is 9.01. The minimum atomic E-state index is -0.125. The van der Waals surface area contributed by atoms with E-state index in [9.17, 15) is 0 Å². The van der Waals surface area contributed by atoms with Gasteiger partial charge in [-0.1, -0.05) is 16.1 Å². The Balaban J connectivity index is 2.21. The van der Waals surface area contributed by atoms with Crippen molar-refractivity contribution in [2.45, 2.75) is 19.4 Å². The second kappa shape index (κ2) is 4.48. The van der Waals surface area contributed by atoms with Crippen molar-refractivity contribution in [3.05, 3.63) is 27.5 Å². The van der Waals surface area contributed by atoms with E-state index in [2.05, 4.69) is 14.7 Å². The Hall–Kier alpha value is -0.980. The van der Waals surface area contributed by atoms with E-state index in [-0.39, 0.29) is 6.04 Å². The zero-order chi connectivity index (χ0) is 11.7. The third-order valence-electron chi connectivity index (χ3n) is 2.44. The van der Waals surface area contributed by atoms with Gasteiger partial charge in [-0.05, 0) is 24.9 Å². The third kappa shape index (κ3) is 2.09. The second-order valence-corrected chi connectivity index (χ2v) is 4.78. The zero-order valence-corrected chi connectivity index (χ0v) is 10.6. The lowest BCUT2D eigenvalue weighted by Crippen LogP contribution is -2.12. The van der Waals surface area contributed by atoms with Gasteiger partial charge in [0.2, 0.25) is 0 Å². The summed E-state index contributed by atoms with van der Waals surface area (Å²) in [5, 5.41) is 8.66. The van der Waals surface area contributed by atoms with Gasteiger partial charge in [0, 0.05) is 18.7 Å². The molecule has 1 unspecified atom stereocenters. The molecular weight excluding hydrogens is 246 g/mol. The molecule has 86 valence electrons. The lowest BCUT2D eigenvalue weighted by atomic mass is 10.1. The fourth-order valence-electron chi connectivity index (χ4n) is 1.56. The normalized spacial score (nSPS) is 13.0. The van der Waals surface area contributed by atoms with Gasteiger partial charge in [0.1, 0.15) is 5.15 Å². The first-order chi connectivity index (χ1) is 7.59. The van der Waals surface area contributed by atoms with Gasteiger partial charge in [0.25, 0.3) is 0 Å². The quantitative estimate of drug-likeness (QED) is 0.904. The molecule has 0 saturated carbocycles. The highest BCUT2D eigenvalue weighted by molar-refractivity contribution is 7.05. The summed E-state index contributed by atoms with van der Waals surface area (Å²) in [6, 6.07) is -0.125. The summed E-state index contributed by atoms with van der Waals surface area (Å²) in [7, 11) is 1.82. The van der Waals surface area contributed by atoms with Gasteiger partial charge in [-0.2, -0.15) is 5.10 Å². The summed E-state index contributed by atoms with van der Waals surface area (Å²) in [4.78, 5) is 0.958. The number of halogens is 1. The van der Waals surface area contributed by atoms with Crippen molar-refractivity contribution >= 4 is 23.1 Å². The molecule has 0 bridgehead atoms. The Bertz CT molecular complexity index is 478. The van der Waals surface area contributed by atoms with E-state index in [1.54, 1.807) is 10.9 Å². The number of nitrogens with zero attached hydrogens (tertiary/aromatic N) is 4. The average Bonchev–Trinajstić information content (AvgIpc) is 2.83. The first kappa shape index (κ1) is 11.5. The fraction of sp³-hybridized carbons (Fsp3) is 0.444. The monoisotopic (exact) mass is 257 g/mol. The summed E-state index contributed by atoms with van der Waals surface area (Å²) in [6.45, 7) is 1.93. The molecule has 2 N–H and O–H groups in total. The third-order valence-corrected chi connectivity index (χ3v) is 3.71. The molecule has 16 heavy (non-hydrogen) atoms. The fourth-order valence-corrected chi connectivity index (χ4v) is 2.32. The SMILES string of the molecule is Cc1nn(C)c(Cl)c1CC(N)c1cnns1. The predicted molar refractivity (Wildman–Crippen MR) is 63.5 cm³/mol. The van der Waals surface area contributed by atoms with Crippen LogP contribution in [0, 0.1) is 6.92 Å². The van der Waals surface area contributed by atoms with Gasteiger partial charge in [-0.15, -0.1) is 5.10 Å². The van der Waals surface area contributed by atoms with Crippen molar-refractivity contribution < 1.29 is 0 Å². The molecule has 0 aromatic carbocycles. The van der Waals surface area contributed by atoms with Crippen molar-refractivity contribution in [3.63, 3.8) is 0 Å². The highest BCUT2D eigenvalue weighted by Gasteiger charge is 2.17. The Kier molecular flexibility index (Phi) is 3.22. The van der Waals surface area contributed by atoms with Crippen LogP contribution in [0.3, 0.4) is 0 Å². The van der Waals surface area contributed by atoms with Crippen molar-refractivity contribution in [2.75, 3.05) is 0 Å². The van der Waals surface area contributed by atoms with Crippen LogP contribution in [-0.4, -0.2) is 19.4 Å². The number of hydrogen-bond donors (Lipinski definition) is 1. The van der Waals surface area contributed by atoms with Gasteiger partial charge in [0.15, 0.2) is 0 Å². The first-order valence-electron chi connectivity index (χ1n) is 4.80. The molecule has 0 saturated heterocycles. The molecule has 2 rings (SSSR count). The van der Waals surface area contributed by atoms with E-state index >= 15 is 0 Å². The molecule has 0 aliphatic rings. The highest BCUT2D eigenvalue weighted by Crippen LogP contribution is 2.25. The molecule has 0 aliphatic carbocycles. The van der Waals surface area contributed by atoms with Crippen LogP contribution < -0.4 is 5.73 Å². The Labute approximate surface area is 102 Å². The number of aromatic nitrogens is 4. The summed E-state index contributed by atoms with van der Waals surface area (Å²) in [5.74, 6) is 0. The summed E-state index contributed by atoms with van der Waals surface area (Å²) in [5.41, 5.74) is 7.96. The molecule has 2 aromatic heterocycles. The summed E-state index contributed by atoms with van der Waals surface area (Å²) >= 11 is 7.45. The highest BCUT2D eigenvalue weighted by atomic mass is 35.5. The van der Waals surface area contributed by atoms with Crippen molar-refractivity contribution in [1.29, 1.82) is 0 Å². The Morgan fingerprint density at radius 3 is 2.88 bits per heavy atom. The summed E-state index contributed by atoms with van der Waals surface area (Å²) in [6.07, 6.45) is 2.34. The van der Waals surface area contributed by atoms with Crippen LogP contribution in [0.5, 0.6) is 0 Å². The standard InChI is InChI=1S/C9H12ClN5S/c1-5-6(9(10)15(2)13-5)3-7(11)8-4-12-14-16-8/h4,7H,3,11H2,1-2H3. The maximum atomic E-state index is 6.14. The van der Waals surface area contributed by atoms with E-state index in [4.69, 9.17) is 17.3 Å². The largest absolute Gasteiger partial charge is 0.323 e. The van der Waals surface area contributed by atoms with Crippen LogP contribution in [0.1, 0.15) is 22.2 Å². The van der Waals surface area contributed by atoms with Gasteiger partial charge in [-0.3, -0.25) is 4.68 Å². The van der Waals surface area contributed by atoms with Crippen molar-refractivity contribution in [2.24, 2.45) is 12.8 Å². The van der Waals surface area contributed by atoms with Gasteiger partial charge in [-0.25, -0.2) is 0 Å². The summed E-state index contributed by atoms with van der Waals surface area (Å²) < 4.78 is 5.45. The number of aryl methyl sites for hydroxylation is 2. The lowest BCUT2D eigenvalue weighted by Gasteiger charge is -2.07. The Morgan fingerprint density at radius 1 is 1.62 bits per heavy atom. The minimum absolute atomic E-state index is 0.125. The lowest BCUT2D eigenvalue weighted by molar-refractivity contribution is 0.730. The van der Waals surface area contributed by atoms with Crippen LogP contribution >= 0.6 is 23.1 Å². The van der Waals surface area contributed by atoms with Gasteiger partial charge < -0.3 is 5.73 Å². The van der Waals surface area contributed by atoms with E-state index in [0.29, 0.717) is 11.6 Å². The maximum Gasteiger partial charge on any atom is 0.130 e. The van der Waals surface area contributed by atoms with Gasteiger partial charge >= 0.3 is 0 Å². The van der Waals surface area contributed by atoms with Crippen LogP contribution in [-0.2, 0) is 13.5 Å². The smallest absolute Gasteiger partial charge is 0.130 e. The molecular formula is C9H12ClN5S. The molecule has 1 atom stereocenters. The molecule has 5 nitrogen and oxygen atoms in total. The molecule has 7 heteroatoms. The molecule has 0 aliphatic heterocycles. The van der Waals surface area contributed by atoms with Crippen LogP contribution in [0.25, 0.3) is 0 Å². The van der Waals surface area contributed by atoms with E-state index in [0.717, 1.165) is 16.1 Å². The van der Waals surface area contributed by atoms with E-state index < -0.39 is 0 Å². The van der Waals surface area contributed by atoms with E-state index in [1.807, 2.05) is 14.0 Å². The average molecular weight is 258 g/mol. The minimum Gasteiger partial charge on any atom is -0.323 e. The molecule has 0 spiro atoms. The number of nitrogens with two attached hydrogens (primary N) is 1. The Morgan fingerprint density at radius 2 is 2.38 bits per heavy atom. The number of hydrogen-bond acceptors (Lipinski definition) is 5. The first-order valence-corrected chi connectivity index (χ1v) is 5.95. The van der Waals surface area contributed by atoms with E-state index in [1.165, 1.54) is 11.5 Å². The molecule has 2 heterocycles. The second-order valence-electron chi connectivity index (χ2n) is 3.61. The molecule has 2 aromatic rings.